The standard InChI is InChI=1S/C23H26ClN3O3/c1-6-30-23(29)19-15(3)12-26(4)21(19)20(16-7-9-17(24)10-8-16)25-18-11-14(2)22(28)27(5)13-18/h7-13,20,25H,6H2,1-5H3. The molecule has 6 nitrogen and oxygen atoms in total. The highest BCUT2D eigenvalue weighted by atomic mass is 35.5. The topological polar surface area (TPSA) is 65.3 Å². The molecule has 1 N–H and O–H groups in total. The molecular formula is C23H26ClN3O3. The number of benzene rings is 1. The summed E-state index contributed by atoms with van der Waals surface area (Å²) in [6.45, 7) is 5.76. The third kappa shape index (κ3) is 4.28. The van der Waals surface area contributed by atoms with E-state index in [9.17, 15) is 9.59 Å². The van der Waals surface area contributed by atoms with Crippen LogP contribution in [0.15, 0.2) is 47.5 Å². The van der Waals surface area contributed by atoms with E-state index in [1.807, 2.05) is 55.1 Å². The first-order chi connectivity index (χ1) is 14.2. The molecule has 30 heavy (non-hydrogen) atoms. The van der Waals surface area contributed by atoms with Crippen LogP contribution in [0.2, 0.25) is 5.02 Å². The van der Waals surface area contributed by atoms with E-state index in [4.69, 9.17) is 16.3 Å². The summed E-state index contributed by atoms with van der Waals surface area (Å²) in [5.41, 5.74) is 4.42. The van der Waals surface area contributed by atoms with Gasteiger partial charge in [-0.05, 0) is 50.1 Å². The summed E-state index contributed by atoms with van der Waals surface area (Å²) in [7, 11) is 3.62. The maximum Gasteiger partial charge on any atom is 0.340 e. The molecule has 1 atom stereocenters. The van der Waals surface area contributed by atoms with E-state index in [2.05, 4.69) is 5.32 Å². The van der Waals surface area contributed by atoms with E-state index in [0.29, 0.717) is 22.8 Å². The van der Waals surface area contributed by atoms with Crippen molar-refractivity contribution in [2.24, 2.45) is 14.1 Å². The van der Waals surface area contributed by atoms with Gasteiger partial charge in [0.05, 0.1) is 29.6 Å². The Labute approximate surface area is 181 Å². The number of anilines is 1. The van der Waals surface area contributed by atoms with Crippen molar-refractivity contribution in [2.75, 3.05) is 11.9 Å². The minimum atomic E-state index is -0.364. The number of esters is 1. The maximum atomic E-state index is 12.8. The molecule has 0 saturated carbocycles. The highest BCUT2D eigenvalue weighted by Crippen LogP contribution is 2.32. The highest BCUT2D eigenvalue weighted by Gasteiger charge is 2.27. The average Bonchev–Trinajstić information content (AvgIpc) is 2.98. The van der Waals surface area contributed by atoms with Crippen molar-refractivity contribution in [1.29, 1.82) is 0 Å². The Morgan fingerprint density at radius 1 is 1.10 bits per heavy atom. The molecule has 0 aliphatic rings. The molecule has 0 saturated heterocycles. The summed E-state index contributed by atoms with van der Waals surface area (Å²) in [5, 5.41) is 4.13. The number of hydrogen-bond acceptors (Lipinski definition) is 4. The van der Waals surface area contributed by atoms with Gasteiger partial charge in [-0.2, -0.15) is 0 Å². The van der Waals surface area contributed by atoms with Gasteiger partial charge in [-0.15, -0.1) is 0 Å². The molecule has 0 amide bonds. The van der Waals surface area contributed by atoms with Crippen molar-refractivity contribution in [3.8, 4) is 0 Å². The predicted molar refractivity (Wildman–Crippen MR) is 119 cm³/mol. The summed E-state index contributed by atoms with van der Waals surface area (Å²) >= 11 is 6.10. The van der Waals surface area contributed by atoms with Gasteiger partial charge in [0, 0.05) is 37.1 Å². The van der Waals surface area contributed by atoms with Crippen LogP contribution in [-0.4, -0.2) is 21.7 Å². The zero-order chi connectivity index (χ0) is 22.0. The number of carbonyl (C=O) groups is 1. The van der Waals surface area contributed by atoms with Gasteiger partial charge in [-0.1, -0.05) is 23.7 Å². The number of aryl methyl sites for hydroxylation is 4. The number of ether oxygens (including phenoxy) is 1. The fraction of sp³-hybridized carbons (Fsp3) is 0.304. The van der Waals surface area contributed by atoms with E-state index in [-0.39, 0.29) is 17.6 Å². The second-order valence-corrected chi connectivity index (χ2v) is 7.80. The Morgan fingerprint density at radius 3 is 2.37 bits per heavy atom. The van der Waals surface area contributed by atoms with Crippen molar-refractivity contribution < 1.29 is 9.53 Å². The van der Waals surface area contributed by atoms with Gasteiger partial charge in [-0.3, -0.25) is 4.79 Å². The van der Waals surface area contributed by atoms with E-state index < -0.39 is 0 Å². The molecule has 1 aromatic carbocycles. The first kappa shape index (κ1) is 21.7. The number of carbonyl (C=O) groups excluding carboxylic acids is 1. The third-order valence-corrected chi connectivity index (χ3v) is 5.30. The fourth-order valence-electron chi connectivity index (χ4n) is 3.71. The molecule has 0 aliphatic carbocycles. The molecule has 2 heterocycles. The minimum absolute atomic E-state index is 0.0504. The van der Waals surface area contributed by atoms with Gasteiger partial charge >= 0.3 is 5.97 Å². The Hall–Kier alpha value is -2.99. The van der Waals surface area contributed by atoms with Crippen LogP contribution in [0.25, 0.3) is 0 Å². The van der Waals surface area contributed by atoms with Gasteiger partial charge in [0.25, 0.3) is 5.56 Å². The molecule has 3 aromatic rings. The molecule has 0 aliphatic heterocycles. The van der Waals surface area contributed by atoms with Crippen LogP contribution in [0.3, 0.4) is 0 Å². The predicted octanol–water partition coefficient (Wildman–Crippen LogP) is 4.37. The number of nitrogens with one attached hydrogen (secondary N) is 1. The van der Waals surface area contributed by atoms with Crippen molar-refractivity contribution in [3.63, 3.8) is 0 Å². The minimum Gasteiger partial charge on any atom is -0.462 e. The number of halogens is 1. The smallest absolute Gasteiger partial charge is 0.340 e. The van der Waals surface area contributed by atoms with Crippen LogP contribution in [-0.2, 0) is 18.8 Å². The van der Waals surface area contributed by atoms with Crippen LogP contribution >= 0.6 is 11.6 Å². The SMILES string of the molecule is CCOC(=O)c1c(C)cn(C)c1C(Nc1cc(C)c(=O)n(C)c1)c1ccc(Cl)cc1. The van der Waals surface area contributed by atoms with Gasteiger partial charge in [0.15, 0.2) is 0 Å². The first-order valence-electron chi connectivity index (χ1n) is 9.75. The molecule has 7 heteroatoms. The molecule has 1 unspecified atom stereocenters. The molecule has 158 valence electrons. The number of aromatic nitrogens is 2. The second-order valence-electron chi connectivity index (χ2n) is 7.36. The Bertz CT molecular complexity index is 1100. The van der Waals surface area contributed by atoms with Gasteiger partial charge in [0.2, 0.25) is 0 Å². The Balaban J connectivity index is 2.18. The number of rotatable bonds is 6. The maximum absolute atomic E-state index is 12.8. The molecule has 0 spiro atoms. The summed E-state index contributed by atoms with van der Waals surface area (Å²) in [5.74, 6) is -0.358. The van der Waals surface area contributed by atoms with E-state index in [1.54, 1.807) is 31.7 Å². The van der Waals surface area contributed by atoms with Crippen LogP contribution in [0.4, 0.5) is 5.69 Å². The van der Waals surface area contributed by atoms with Crippen LogP contribution in [0, 0.1) is 13.8 Å². The average molecular weight is 428 g/mol. The first-order valence-corrected chi connectivity index (χ1v) is 10.1. The highest BCUT2D eigenvalue weighted by molar-refractivity contribution is 6.30. The molecule has 3 rings (SSSR count). The lowest BCUT2D eigenvalue weighted by Gasteiger charge is -2.23. The summed E-state index contributed by atoms with van der Waals surface area (Å²) in [4.78, 5) is 24.9. The van der Waals surface area contributed by atoms with E-state index in [0.717, 1.165) is 22.5 Å². The number of hydrogen-bond donors (Lipinski definition) is 1. The Kier molecular flexibility index (Phi) is 6.37. The van der Waals surface area contributed by atoms with Crippen molar-refractivity contribution in [1.82, 2.24) is 9.13 Å². The molecular weight excluding hydrogens is 402 g/mol. The van der Waals surface area contributed by atoms with Gasteiger partial charge in [-0.25, -0.2) is 4.79 Å². The van der Waals surface area contributed by atoms with Crippen LogP contribution in [0.5, 0.6) is 0 Å². The Morgan fingerprint density at radius 2 is 1.77 bits per heavy atom. The van der Waals surface area contributed by atoms with E-state index >= 15 is 0 Å². The third-order valence-electron chi connectivity index (χ3n) is 5.05. The largest absolute Gasteiger partial charge is 0.462 e. The second kappa shape index (κ2) is 8.79. The monoisotopic (exact) mass is 427 g/mol. The van der Waals surface area contributed by atoms with Crippen LogP contribution in [0.1, 0.15) is 45.7 Å². The zero-order valence-corrected chi connectivity index (χ0v) is 18.6. The summed E-state index contributed by atoms with van der Waals surface area (Å²) < 4.78 is 8.80. The molecule has 0 fully saturated rings. The van der Waals surface area contributed by atoms with Gasteiger partial charge in [0.1, 0.15) is 0 Å². The van der Waals surface area contributed by atoms with Crippen molar-refractivity contribution in [2.45, 2.75) is 26.8 Å². The van der Waals surface area contributed by atoms with Crippen molar-refractivity contribution in [3.05, 3.63) is 86.0 Å². The molecule has 0 radical (unpaired) electrons. The van der Waals surface area contributed by atoms with Gasteiger partial charge < -0.3 is 19.2 Å². The van der Waals surface area contributed by atoms with Crippen LogP contribution < -0.4 is 10.9 Å². The molecule has 0 bridgehead atoms. The summed E-state index contributed by atoms with van der Waals surface area (Å²) in [6, 6.07) is 8.93. The quantitative estimate of drug-likeness (QED) is 0.593. The lowest BCUT2D eigenvalue weighted by atomic mass is 9.98. The summed E-state index contributed by atoms with van der Waals surface area (Å²) in [6.07, 6.45) is 3.66. The number of pyridine rings is 1. The zero-order valence-electron chi connectivity index (χ0n) is 17.8. The van der Waals surface area contributed by atoms with E-state index in [1.165, 1.54) is 0 Å². The fourth-order valence-corrected chi connectivity index (χ4v) is 3.83. The lowest BCUT2D eigenvalue weighted by Crippen LogP contribution is -2.23. The lowest BCUT2D eigenvalue weighted by molar-refractivity contribution is 0.0524. The number of nitrogens with zero attached hydrogens (tertiary/aromatic N) is 2. The normalized spacial score (nSPS) is 11.9. The van der Waals surface area contributed by atoms with Crippen molar-refractivity contribution >= 4 is 23.3 Å². The molecule has 2 aromatic heterocycles.